The van der Waals surface area contributed by atoms with E-state index in [1.807, 2.05) is 0 Å². The van der Waals surface area contributed by atoms with Crippen LogP contribution >= 0.6 is 34.8 Å². The quantitative estimate of drug-likeness (QED) is 0.215. The highest BCUT2D eigenvalue weighted by Gasteiger charge is 1.78. The standard InChI is InChI=1S/CHCl3.9CH4O/c2-1(3)4;9*1-2/h1H;9*2H,1H3. The Morgan fingerprint density at radius 3 is 0.318 bits per heavy atom. The zero-order valence-corrected chi connectivity index (χ0v) is 17.0. The molecule has 0 aromatic rings. The molecule has 9 N–H and O–H groups in total. The lowest BCUT2D eigenvalue weighted by molar-refractivity contribution is 0.399. The smallest absolute Gasteiger partial charge is 0.180 e. The zero-order valence-electron chi connectivity index (χ0n) is 14.7. The Kier molecular flexibility index (Phi) is 2220. The topological polar surface area (TPSA) is 182 Å². The minimum Gasteiger partial charge on any atom is -0.400 e. The molecule has 0 aliphatic heterocycles. The van der Waals surface area contributed by atoms with Crippen molar-refractivity contribution in [3.63, 3.8) is 0 Å². The summed E-state index contributed by atoms with van der Waals surface area (Å²) in [5, 5.41) is 63.0. The SMILES string of the molecule is CO.CO.CO.CO.CO.CO.CO.CO.CO.ClC(Cl)Cl. The first kappa shape index (κ1) is 66.5. The van der Waals surface area contributed by atoms with Crippen molar-refractivity contribution in [1.82, 2.24) is 0 Å². The first-order valence-electron chi connectivity index (χ1n) is 4.68. The molecule has 0 aromatic carbocycles. The predicted molar refractivity (Wildman–Crippen MR) is 94.6 cm³/mol. The second-order valence-corrected chi connectivity index (χ2v) is 2.23. The molecule has 0 saturated heterocycles. The molecule has 0 amide bonds. The van der Waals surface area contributed by atoms with Crippen molar-refractivity contribution in [3.05, 3.63) is 0 Å². The van der Waals surface area contributed by atoms with Crippen molar-refractivity contribution in [2.75, 3.05) is 64.0 Å². The Bertz CT molecular complexity index is 36.4. The summed E-state index contributed by atoms with van der Waals surface area (Å²) in [7, 11) is 9.00. The van der Waals surface area contributed by atoms with Crippen LogP contribution in [0.5, 0.6) is 0 Å². The van der Waals surface area contributed by atoms with Crippen LogP contribution in [-0.4, -0.2) is 114 Å². The number of alkyl halides is 3. The average molecular weight is 408 g/mol. The number of halogens is 3. The molecular weight excluding hydrogens is 370 g/mol. The zero-order chi connectivity index (χ0) is 21.6. The van der Waals surface area contributed by atoms with Gasteiger partial charge in [-0.15, -0.1) is 0 Å². The van der Waals surface area contributed by atoms with E-state index < -0.39 is 4.30 Å². The third-order valence-corrected chi connectivity index (χ3v) is 0. The highest BCUT2D eigenvalue weighted by molar-refractivity contribution is 6.63. The molecule has 0 unspecified atom stereocenters. The maximum absolute atomic E-state index is 7.00. The summed E-state index contributed by atoms with van der Waals surface area (Å²) in [6, 6.07) is 0. The van der Waals surface area contributed by atoms with Crippen LogP contribution in [0.1, 0.15) is 0 Å². The van der Waals surface area contributed by atoms with E-state index in [9.17, 15) is 0 Å². The lowest BCUT2D eigenvalue weighted by Gasteiger charge is -1.69. The van der Waals surface area contributed by atoms with Crippen LogP contribution in [-0.2, 0) is 0 Å². The molecule has 0 fully saturated rings. The Morgan fingerprint density at radius 2 is 0.318 bits per heavy atom. The Labute approximate surface area is 149 Å². The van der Waals surface area contributed by atoms with Gasteiger partial charge in [-0.05, 0) is 0 Å². The molecule has 152 valence electrons. The first-order chi connectivity index (χ1) is 10.7. The van der Waals surface area contributed by atoms with Gasteiger partial charge in [0.1, 0.15) is 0 Å². The van der Waals surface area contributed by atoms with Crippen molar-refractivity contribution in [2.24, 2.45) is 0 Å². The molecular formula is C10H37Cl3O9. The van der Waals surface area contributed by atoms with Gasteiger partial charge in [0.05, 0.1) is 0 Å². The Hall–Kier alpha value is 0.510. The molecule has 0 aliphatic rings. The van der Waals surface area contributed by atoms with Crippen molar-refractivity contribution >= 4 is 34.8 Å². The highest BCUT2D eigenvalue weighted by Crippen LogP contribution is 2.03. The van der Waals surface area contributed by atoms with Gasteiger partial charge in [0.15, 0.2) is 4.30 Å². The summed E-state index contributed by atoms with van der Waals surface area (Å²) < 4.78 is -0.750. The molecule has 22 heavy (non-hydrogen) atoms. The molecule has 9 nitrogen and oxygen atoms in total. The predicted octanol–water partition coefficient (Wildman–Crippen LogP) is -1.54. The summed E-state index contributed by atoms with van der Waals surface area (Å²) in [6.07, 6.45) is 0. The van der Waals surface area contributed by atoms with E-state index >= 15 is 0 Å². The molecule has 0 bridgehead atoms. The third kappa shape index (κ3) is 30000. The second-order valence-electron chi connectivity index (χ2n) is 0.247. The number of rotatable bonds is 0. The maximum atomic E-state index is 7.00. The largest absolute Gasteiger partial charge is 0.400 e. The maximum Gasteiger partial charge on any atom is 0.180 e. The number of hydrogen-bond acceptors (Lipinski definition) is 9. The van der Waals surface area contributed by atoms with Crippen LogP contribution in [0.15, 0.2) is 0 Å². The van der Waals surface area contributed by atoms with Gasteiger partial charge in [0.2, 0.25) is 0 Å². The van der Waals surface area contributed by atoms with Crippen molar-refractivity contribution in [1.29, 1.82) is 0 Å². The van der Waals surface area contributed by atoms with Gasteiger partial charge in [0.25, 0.3) is 0 Å². The van der Waals surface area contributed by atoms with E-state index in [0.717, 1.165) is 64.0 Å². The van der Waals surface area contributed by atoms with Crippen LogP contribution in [0.3, 0.4) is 0 Å². The van der Waals surface area contributed by atoms with Crippen LogP contribution in [0.2, 0.25) is 0 Å². The van der Waals surface area contributed by atoms with E-state index in [1.165, 1.54) is 0 Å². The van der Waals surface area contributed by atoms with E-state index in [2.05, 4.69) is 0 Å². The van der Waals surface area contributed by atoms with Gasteiger partial charge < -0.3 is 46.0 Å². The van der Waals surface area contributed by atoms with Crippen molar-refractivity contribution < 1.29 is 46.0 Å². The Balaban J connectivity index is -0.00000000925. The minimum atomic E-state index is -0.750. The van der Waals surface area contributed by atoms with E-state index in [0.29, 0.717) is 0 Å². The fraction of sp³-hybridized carbons (Fsp3) is 1.00. The summed E-state index contributed by atoms with van der Waals surface area (Å²) in [5.74, 6) is 0. The van der Waals surface area contributed by atoms with E-state index in [4.69, 9.17) is 80.8 Å². The molecule has 0 spiro atoms. The second kappa shape index (κ2) is 734. The van der Waals surface area contributed by atoms with Crippen molar-refractivity contribution in [3.8, 4) is 0 Å². The third-order valence-electron chi connectivity index (χ3n) is 0. The molecule has 0 aromatic heterocycles. The summed E-state index contributed by atoms with van der Waals surface area (Å²) in [4.78, 5) is 0. The fourth-order valence-corrected chi connectivity index (χ4v) is 0. The summed E-state index contributed by atoms with van der Waals surface area (Å²) in [6.45, 7) is 0. The number of aliphatic hydroxyl groups excluding tert-OH is 9. The van der Waals surface area contributed by atoms with Crippen LogP contribution < -0.4 is 0 Å². The van der Waals surface area contributed by atoms with Gasteiger partial charge in [-0.3, -0.25) is 0 Å². The molecule has 0 radical (unpaired) electrons. The molecule has 0 atom stereocenters. The highest BCUT2D eigenvalue weighted by atomic mass is 35.6. The molecule has 12 heteroatoms. The summed E-state index contributed by atoms with van der Waals surface area (Å²) in [5.41, 5.74) is 0. The Morgan fingerprint density at radius 1 is 0.318 bits per heavy atom. The first-order valence-corrected chi connectivity index (χ1v) is 5.99. The van der Waals surface area contributed by atoms with Gasteiger partial charge in [-0.25, -0.2) is 0 Å². The molecule has 0 heterocycles. The van der Waals surface area contributed by atoms with Crippen molar-refractivity contribution in [2.45, 2.75) is 4.30 Å². The average Bonchev–Trinajstić information content (AvgIpc) is 2.69. The fourth-order valence-electron chi connectivity index (χ4n) is 0. The van der Waals surface area contributed by atoms with Gasteiger partial charge in [-0.1, -0.05) is 34.8 Å². The molecule has 0 aliphatic carbocycles. The van der Waals surface area contributed by atoms with E-state index in [-0.39, 0.29) is 0 Å². The van der Waals surface area contributed by atoms with Gasteiger partial charge in [0, 0.05) is 64.0 Å². The molecule has 0 rings (SSSR count). The summed E-state index contributed by atoms with van der Waals surface area (Å²) >= 11 is 14.4. The van der Waals surface area contributed by atoms with Gasteiger partial charge >= 0.3 is 0 Å². The monoisotopic (exact) mass is 406 g/mol. The number of aliphatic hydroxyl groups is 9. The van der Waals surface area contributed by atoms with Crippen LogP contribution in [0.25, 0.3) is 0 Å². The molecule has 0 saturated carbocycles. The van der Waals surface area contributed by atoms with Crippen LogP contribution in [0.4, 0.5) is 0 Å². The van der Waals surface area contributed by atoms with Gasteiger partial charge in [-0.2, -0.15) is 0 Å². The lowest BCUT2D eigenvalue weighted by atomic mass is 11.8. The van der Waals surface area contributed by atoms with E-state index in [1.54, 1.807) is 0 Å². The lowest BCUT2D eigenvalue weighted by Crippen LogP contribution is -1.55. The number of hydrogen-bond donors (Lipinski definition) is 9. The van der Waals surface area contributed by atoms with Crippen LogP contribution in [0, 0.1) is 0 Å². The normalized spacial score (nSPS) is 4.09. The minimum absolute atomic E-state index is 0.750.